The van der Waals surface area contributed by atoms with Crippen molar-refractivity contribution in [1.29, 1.82) is 0 Å². The zero-order chi connectivity index (χ0) is 26.9. The van der Waals surface area contributed by atoms with Gasteiger partial charge in [0.1, 0.15) is 11.5 Å². The van der Waals surface area contributed by atoms with Gasteiger partial charge in [0.25, 0.3) is 11.8 Å². The average molecular weight is 525 g/mol. The number of hydrogen-bond acceptors (Lipinski definition) is 7. The third-order valence-corrected chi connectivity index (χ3v) is 7.28. The Morgan fingerprint density at radius 2 is 1.63 bits per heavy atom. The van der Waals surface area contributed by atoms with Crippen LogP contribution in [0.1, 0.15) is 46.9 Å². The van der Waals surface area contributed by atoms with Crippen molar-refractivity contribution in [1.82, 2.24) is 10.2 Å². The molecule has 9 heteroatoms. The van der Waals surface area contributed by atoms with Crippen LogP contribution in [0.5, 0.6) is 11.5 Å². The molecule has 2 saturated heterocycles. The van der Waals surface area contributed by atoms with E-state index in [0.29, 0.717) is 40.8 Å². The van der Waals surface area contributed by atoms with Crippen LogP contribution in [0.3, 0.4) is 0 Å². The van der Waals surface area contributed by atoms with E-state index in [-0.39, 0.29) is 11.8 Å². The van der Waals surface area contributed by atoms with E-state index in [0.717, 1.165) is 70.9 Å². The molecule has 0 aliphatic carbocycles. The summed E-state index contributed by atoms with van der Waals surface area (Å²) in [5, 5.41) is 6.04. The fourth-order valence-electron chi connectivity index (χ4n) is 4.89. The average Bonchev–Trinajstić information content (AvgIpc) is 2.96. The molecule has 0 aromatic heterocycles. The van der Waals surface area contributed by atoms with Crippen LogP contribution in [-0.4, -0.2) is 83.4 Å². The third-order valence-electron chi connectivity index (χ3n) is 7.28. The van der Waals surface area contributed by atoms with Gasteiger partial charge in [0, 0.05) is 55.7 Å². The van der Waals surface area contributed by atoms with Crippen molar-refractivity contribution in [2.24, 2.45) is 5.92 Å². The first-order valence-corrected chi connectivity index (χ1v) is 13.5. The maximum absolute atomic E-state index is 13.4. The SMILES string of the molecule is COc1cc(OC)cc(C(=O)Nc2ccc(N3CCC(C)CC3)c(C(=O)NCCCN3CCOCC3)c2)c1. The number of carbonyl (C=O) groups is 2. The Hall–Kier alpha value is -3.30. The van der Waals surface area contributed by atoms with Crippen LogP contribution in [0.4, 0.5) is 11.4 Å². The second kappa shape index (κ2) is 13.5. The molecule has 2 aromatic rings. The Labute approximate surface area is 225 Å². The molecular weight excluding hydrogens is 484 g/mol. The highest BCUT2D eigenvalue weighted by Gasteiger charge is 2.22. The Kier molecular flexibility index (Phi) is 9.84. The maximum Gasteiger partial charge on any atom is 0.255 e. The molecule has 0 bridgehead atoms. The molecule has 0 spiro atoms. The molecule has 0 unspecified atom stereocenters. The predicted octanol–water partition coefficient (Wildman–Crippen LogP) is 3.64. The number of rotatable bonds is 10. The van der Waals surface area contributed by atoms with Crippen LogP contribution in [0, 0.1) is 5.92 Å². The topological polar surface area (TPSA) is 92.4 Å². The second-order valence-electron chi connectivity index (χ2n) is 10.0. The summed E-state index contributed by atoms with van der Waals surface area (Å²) in [4.78, 5) is 31.1. The van der Waals surface area contributed by atoms with Gasteiger partial charge in [-0.1, -0.05) is 6.92 Å². The lowest BCUT2D eigenvalue weighted by Crippen LogP contribution is -2.38. The van der Waals surface area contributed by atoms with Gasteiger partial charge in [0.05, 0.1) is 33.0 Å². The summed E-state index contributed by atoms with van der Waals surface area (Å²) in [7, 11) is 3.09. The van der Waals surface area contributed by atoms with Crippen LogP contribution in [0.15, 0.2) is 36.4 Å². The summed E-state index contributed by atoms with van der Waals surface area (Å²) in [5.41, 5.74) is 2.45. The van der Waals surface area contributed by atoms with E-state index in [9.17, 15) is 9.59 Å². The van der Waals surface area contributed by atoms with Crippen molar-refractivity contribution in [3.8, 4) is 11.5 Å². The molecule has 2 fully saturated rings. The number of methoxy groups -OCH3 is 2. The lowest BCUT2D eigenvalue weighted by Gasteiger charge is -2.33. The summed E-state index contributed by atoms with van der Waals surface area (Å²) in [6.45, 7) is 9.02. The lowest BCUT2D eigenvalue weighted by molar-refractivity contribution is 0.0374. The fourth-order valence-corrected chi connectivity index (χ4v) is 4.89. The minimum Gasteiger partial charge on any atom is -0.497 e. The van der Waals surface area contributed by atoms with Gasteiger partial charge in [-0.15, -0.1) is 0 Å². The van der Waals surface area contributed by atoms with Crippen molar-refractivity contribution >= 4 is 23.2 Å². The summed E-state index contributed by atoms with van der Waals surface area (Å²) >= 11 is 0. The number of piperidine rings is 1. The normalized spacial score (nSPS) is 16.7. The zero-order valence-corrected chi connectivity index (χ0v) is 22.8. The number of morpholine rings is 1. The number of ether oxygens (including phenoxy) is 3. The first-order chi connectivity index (χ1) is 18.5. The molecule has 2 amide bonds. The van der Waals surface area contributed by atoms with Gasteiger partial charge in [-0.05, 0) is 62.1 Å². The smallest absolute Gasteiger partial charge is 0.255 e. The van der Waals surface area contributed by atoms with E-state index in [1.807, 2.05) is 12.1 Å². The number of nitrogens with one attached hydrogen (secondary N) is 2. The van der Waals surface area contributed by atoms with Crippen LogP contribution < -0.4 is 25.0 Å². The highest BCUT2D eigenvalue weighted by atomic mass is 16.5. The predicted molar refractivity (Wildman–Crippen MR) is 149 cm³/mol. The molecule has 38 heavy (non-hydrogen) atoms. The Bertz CT molecular complexity index is 1070. The molecule has 2 aliphatic rings. The second-order valence-corrected chi connectivity index (χ2v) is 10.0. The van der Waals surface area contributed by atoms with E-state index >= 15 is 0 Å². The maximum atomic E-state index is 13.4. The van der Waals surface area contributed by atoms with Crippen LogP contribution in [0.2, 0.25) is 0 Å². The minimum atomic E-state index is -0.307. The molecule has 0 saturated carbocycles. The first kappa shape index (κ1) is 27.7. The Balaban J connectivity index is 1.48. The fraction of sp³-hybridized carbons (Fsp3) is 0.517. The zero-order valence-electron chi connectivity index (χ0n) is 22.8. The van der Waals surface area contributed by atoms with Gasteiger partial charge in [-0.3, -0.25) is 14.5 Å². The number of anilines is 2. The summed E-state index contributed by atoms with van der Waals surface area (Å²) < 4.78 is 16.0. The van der Waals surface area contributed by atoms with Crippen molar-refractivity contribution < 1.29 is 23.8 Å². The summed E-state index contributed by atoms with van der Waals surface area (Å²) in [6, 6.07) is 10.6. The molecule has 2 N–H and O–H groups in total. The van der Waals surface area contributed by atoms with Gasteiger partial charge >= 0.3 is 0 Å². The molecule has 0 radical (unpaired) electrons. The van der Waals surface area contributed by atoms with Crippen molar-refractivity contribution in [3.05, 3.63) is 47.5 Å². The Morgan fingerprint density at radius 3 is 2.29 bits per heavy atom. The lowest BCUT2D eigenvalue weighted by atomic mass is 9.97. The molecule has 9 nitrogen and oxygen atoms in total. The molecule has 0 atom stereocenters. The van der Waals surface area contributed by atoms with E-state index in [1.54, 1.807) is 38.5 Å². The number of carbonyl (C=O) groups excluding carboxylic acids is 2. The van der Waals surface area contributed by atoms with Crippen LogP contribution in [0.25, 0.3) is 0 Å². The molecule has 2 aromatic carbocycles. The number of hydrogen-bond donors (Lipinski definition) is 2. The van der Waals surface area contributed by atoms with Gasteiger partial charge in [0.2, 0.25) is 0 Å². The quantitative estimate of drug-likeness (QED) is 0.459. The van der Waals surface area contributed by atoms with Crippen molar-refractivity contribution in [3.63, 3.8) is 0 Å². The number of nitrogens with zero attached hydrogens (tertiary/aromatic N) is 2. The first-order valence-electron chi connectivity index (χ1n) is 13.5. The molecular formula is C29H40N4O5. The molecule has 2 heterocycles. The van der Waals surface area contributed by atoms with Crippen LogP contribution >= 0.6 is 0 Å². The van der Waals surface area contributed by atoms with Gasteiger partial charge in [-0.25, -0.2) is 0 Å². The molecule has 2 aliphatic heterocycles. The summed E-state index contributed by atoms with van der Waals surface area (Å²) in [6.07, 6.45) is 3.06. The highest BCUT2D eigenvalue weighted by molar-refractivity contribution is 6.06. The molecule has 4 rings (SSSR count). The third kappa shape index (κ3) is 7.39. The minimum absolute atomic E-state index is 0.125. The van der Waals surface area contributed by atoms with Gasteiger partial charge in [0.15, 0.2) is 0 Å². The van der Waals surface area contributed by atoms with E-state index in [4.69, 9.17) is 14.2 Å². The van der Waals surface area contributed by atoms with E-state index in [1.165, 1.54) is 0 Å². The van der Waals surface area contributed by atoms with E-state index < -0.39 is 0 Å². The monoisotopic (exact) mass is 524 g/mol. The Morgan fingerprint density at radius 1 is 0.947 bits per heavy atom. The van der Waals surface area contributed by atoms with Gasteiger partial charge < -0.3 is 29.7 Å². The standard InChI is InChI=1S/C29H40N4O5/c1-21-7-11-33(12-8-21)27-6-5-23(31-28(34)22-17-24(36-2)20-25(18-22)37-3)19-26(27)29(35)30-9-4-10-32-13-15-38-16-14-32/h5-6,17-21H,4,7-16H2,1-3H3,(H,30,35)(H,31,34). The summed E-state index contributed by atoms with van der Waals surface area (Å²) in [5.74, 6) is 1.31. The largest absolute Gasteiger partial charge is 0.497 e. The van der Waals surface area contributed by atoms with Gasteiger partial charge in [-0.2, -0.15) is 0 Å². The van der Waals surface area contributed by atoms with Crippen molar-refractivity contribution in [2.45, 2.75) is 26.2 Å². The van der Waals surface area contributed by atoms with Crippen LogP contribution in [-0.2, 0) is 4.74 Å². The number of amides is 2. The van der Waals surface area contributed by atoms with E-state index in [2.05, 4.69) is 27.4 Å². The van der Waals surface area contributed by atoms with Crippen molar-refractivity contribution in [2.75, 3.05) is 76.9 Å². The molecule has 206 valence electrons. The number of benzene rings is 2. The highest BCUT2D eigenvalue weighted by Crippen LogP contribution is 2.29.